The molecule has 0 spiro atoms. The van der Waals surface area contributed by atoms with Gasteiger partial charge in [-0.1, -0.05) is 60.7 Å². The van der Waals surface area contributed by atoms with Crippen LogP contribution in [0.3, 0.4) is 0 Å². The monoisotopic (exact) mass is 1640 g/mol. The molecule has 41 heteroatoms. The quantitative estimate of drug-likeness (QED) is 0.00749. The Balaban J connectivity index is 1.15. The predicted molar refractivity (Wildman–Crippen MR) is 426 cm³/mol. The highest BCUT2D eigenvalue weighted by molar-refractivity contribution is 7.80. The molecule has 3 heterocycles. The number of nitrogens with zero attached hydrogens (tertiary/aromatic N) is 1. The van der Waals surface area contributed by atoms with Gasteiger partial charge < -0.3 is 121 Å². The zero-order valence-corrected chi connectivity index (χ0v) is 65.0. The average Bonchev–Trinajstić information content (AvgIpc) is 1.78. The number of nitrogens with one attached hydrogen (secondary N) is 17. The number of benzene rings is 4. The number of guanidine groups is 1. The molecule has 13 atom stereocenters. The number of carbonyl (C=O) groups is 14. The lowest BCUT2D eigenvalue weighted by atomic mass is 10.0. The number of aliphatic hydroxyl groups is 2. The van der Waals surface area contributed by atoms with E-state index in [-0.39, 0.29) is 80.4 Å². The van der Waals surface area contributed by atoms with Crippen LogP contribution >= 0.6 is 25.3 Å². The number of hydrogen-bond acceptors (Lipinski definition) is 22. The molecular weight excluding hydrogens is 1550 g/mol. The number of primary amides is 1. The minimum atomic E-state index is -1.96. The van der Waals surface area contributed by atoms with E-state index >= 15 is 9.59 Å². The summed E-state index contributed by atoms with van der Waals surface area (Å²) in [5.74, 6) is -15.9. The predicted octanol–water partition coefficient (Wildman–Crippen LogP) is -4.00. The van der Waals surface area contributed by atoms with E-state index in [1.807, 2.05) is 0 Å². The molecule has 4 aromatic carbocycles. The van der Waals surface area contributed by atoms with Gasteiger partial charge in [0.1, 0.15) is 78.0 Å². The van der Waals surface area contributed by atoms with Crippen molar-refractivity contribution in [1.29, 1.82) is 5.41 Å². The maximum atomic E-state index is 15.2. The largest absolute Gasteiger partial charge is 0.508 e. The number of aromatic nitrogens is 4. The number of aromatic hydroxyl groups is 2. The molecule has 622 valence electrons. The van der Waals surface area contributed by atoms with Crippen LogP contribution in [-0.4, -0.2) is 237 Å². The van der Waals surface area contributed by atoms with E-state index in [1.54, 1.807) is 60.9 Å². The van der Waals surface area contributed by atoms with Crippen LogP contribution in [0, 0.1) is 5.41 Å². The molecule has 0 radical (unpaired) electrons. The van der Waals surface area contributed by atoms with Crippen molar-refractivity contribution < 1.29 is 92.7 Å². The minimum Gasteiger partial charge on any atom is -0.508 e. The third-order valence-corrected chi connectivity index (χ3v) is 19.0. The van der Waals surface area contributed by atoms with E-state index in [2.05, 4.69) is 114 Å². The van der Waals surface area contributed by atoms with Gasteiger partial charge >= 0.3 is 5.97 Å². The molecular formula is C75H96N20O19S2. The molecule has 0 aliphatic carbocycles. The Hall–Kier alpha value is -12.8. The molecule has 0 saturated carbocycles. The second-order valence-corrected chi connectivity index (χ2v) is 28.0. The fraction of sp³-hybridized carbons (Fsp3) is 0.387. The van der Waals surface area contributed by atoms with Crippen molar-refractivity contribution in [1.82, 2.24) is 89.1 Å². The van der Waals surface area contributed by atoms with Gasteiger partial charge in [-0.2, -0.15) is 25.3 Å². The second-order valence-electron chi connectivity index (χ2n) is 27.3. The van der Waals surface area contributed by atoms with E-state index in [9.17, 15) is 83.1 Å². The van der Waals surface area contributed by atoms with Crippen LogP contribution < -0.4 is 80.6 Å². The first-order valence-electron chi connectivity index (χ1n) is 36.6. The number of H-pyrrole nitrogens is 3. The van der Waals surface area contributed by atoms with Crippen LogP contribution in [0.15, 0.2) is 122 Å². The average molecular weight is 1650 g/mol. The number of imidazole rings is 1. The van der Waals surface area contributed by atoms with Crippen molar-refractivity contribution in [2.24, 2.45) is 11.5 Å². The summed E-state index contributed by atoms with van der Waals surface area (Å²) in [5, 5.41) is 93.7. The number of phenols is 2. The highest BCUT2D eigenvalue weighted by atomic mass is 32.1. The third-order valence-electron chi connectivity index (χ3n) is 18.2. The molecule has 0 saturated heterocycles. The molecule has 3 aromatic heterocycles. The molecule has 13 amide bonds. The molecule has 0 unspecified atom stereocenters. The number of nitrogens with two attached hydrogens (primary N) is 2. The maximum absolute atomic E-state index is 15.2. The summed E-state index contributed by atoms with van der Waals surface area (Å²) in [6.07, 6.45) is -0.817. The van der Waals surface area contributed by atoms with Crippen LogP contribution in [0.1, 0.15) is 74.4 Å². The van der Waals surface area contributed by atoms with E-state index in [0.717, 1.165) is 20.8 Å². The van der Waals surface area contributed by atoms with Gasteiger partial charge in [-0.05, 0) is 91.8 Å². The van der Waals surface area contributed by atoms with Crippen LogP contribution in [0.2, 0.25) is 0 Å². The molecule has 0 bridgehead atoms. The van der Waals surface area contributed by atoms with E-state index in [0.29, 0.717) is 44.1 Å². The zero-order valence-electron chi connectivity index (χ0n) is 63.2. The topological polar surface area (TPSA) is 633 Å². The molecule has 7 aromatic rings. The Morgan fingerprint density at radius 3 is 1.26 bits per heavy atom. The van der Waals surface area contributed by atoms with Crippen molar-refractivity contribution in [3.63, 3.8) is 0 Å². The third kappa shape index (κ3) is 27.8. The number of phenolic OH excluding ortho intramolecular Hbond substituents is 2. The van der Waals surface area contributed by atoms with Gasteiger partial charge in [-0.15, -0.1) is 0 Å². The first kappa shape index (κ1) is 90.4. The van der Waals surface area contributed by atoms with Crippen LogP contribution in [0.25, 0.3) is 21.8 Å². The maximum Gasteiger partial charge on any atom is 0.303 e. The lowest BCUT2D eigenvalue weighted by molar-refractivity contribution is -0.138. The fourth-order valence-corrected chi connectivity index (χ4v) is 12.7. The number of fused-ring (bicyclic) bond motifs is 2. The van der Waals surface area contributed by atoms with Crippen molar-refractivity contribution in [2.45, 2.75) is 157 Å². The van der Waals surface area contributed by atoms with E-state index < -0.39 is 187 Å². The van der Waals surface area contributed by atoms with Crippen molar-refractivity contribution >= 4 is 136 Å². The molecule has 26 N–H and O–H groups in total. The Morgan fingerprint density at radius 2 is 0.836 bits per heavy atom. The number of aliphatic carboxylic acids is 1. The molecule has 116 heavy (non-hydrogen) atoms. The summed E-state index contributed by atoms with van der Waals surface area (Å²) in [6, 6.07) is 6.53. The number of carboxylic acids is 1. The Bertz CT molecular complexity index is 4620. The SMILES string of the molecule is CC(=O)N[C@@H](CS)C(=O)N[C@@H](CCCNC(=N)N)C(=O)N[C@H](C(=O)N[C@@H](Cc1c[nH]c2ccccc12)C(=O)N[C@H](C(=O)N[C@@H](CS)C(=O)N[C@@H](Cc1ccc(O)cc1)C(=O)N[C@@H](Cc1c[nH]c2ccccc12)C(=O)N[C@@H](Cc1cnc[nH]1)C(=O)N[C@@H](CCC(=O)O)C(=O)N[C@@H](Cc1ccc(O)cc1)C(=O)NCC(N)=O)[C@@H](C)O)[C@@H](C)O. The molecule has 0 aliphatic heterocycles. The van der Waals surface area contributed by atoms with Gasteiger partial charge in [0.25, 0.3) is 0 Å². The Morgan fingerprint density at radius 1 is 0.457 bits per heavy atom. The number of aromatic amines is 3. The van der Waals surface area contributed by atoms with Gasteiger partial charge in [0.15, 0.2) is 5.96 Å². The Labute approximate surface area is 674 Å². The molecule has 7 rings (SSSR count). The van der Waals surface area contributed by atoms with Gasteiger partial charge in [-0.3, -0.25) is 72.5 Å². The molecule has 0 fully saturated rings. The van der Waals surface area contributed by atoms with Gasteiger partial charge in [0.2, 0.25) is 76.8 Å². The number of aliphatic hydroxyl groups excluding tert-OH is 2. The lowest BCUT2D eigenvalue weighted by Gasteiger charge is -2.29. The van der Waals surface area contributed by atoms with Crippen LogP contribution in [0.5, 0.6) is 11.5 Å². The van der Waals surface area contributed by atoms with Crippen molar-refractivity contribution in [3.05, 3.63) is 150 Å². The fourth-order valence-electron chi connectivity index (χ4n) is 12.2. The Kier molecular flexibility index (Phi) is 34.3. The van der Waals surface area contributed by atoms with Crippen LogP contribution in [-0.2, 0) is 99.2 Å². The number of para-hydroxylation sites is 2. The minimum absolute atomic E-state index is 0.0567. The number of carboxylic acid groups (broad SMARTS) is 1. The number of hydrogen-bond donors (Lipinski definition) is 26. The summed E-state index contributed by atoms with van der Waals surface area (Å²) in [4.78, 5) is 208. The zero-order chi connectivity index (χ0) is 84.9. The van der Waals surface area contributed by atoms with Gasteiger partial charge in [0, 0.05) is 110 Å². The first-order valence-corrected chi connectivity index (χ1v) is 37.8. The summed E-state index contributed by atoms with van der Waals surface area (Å²) in [7, 11) is 0. The number of rotatable bonds is 45. The molecule has 39 nitrogen and oxygen atoms in total. The van der Waals surface area contributed by atoms with Gasteiger partial charge in [-0.25, -0.2) is 4.98 Å². The standard InChI is InChI=1S/C75H96N20O19S2/c1-37(96)62(94-66(106)51(13-8-24-80-75(77)78)86-71(111)58(34-115)85-39(3)98)73(113)92-56(28-43-31-82-50-12-7-5-10-48(43)50)70(110)95-63(38(2)97)74(114)93-59(35-116)72(112)89-54(26-41-16-20-46(100)21-17-41)67(107)90-55(27-42-30-81-49-11-6-4-9-47(42)49)68(108)91-57(29-44-32-79-36-84-44)69(109)87-52(22-23-61(102)103)65(105)88-53(64(104)83-33-60(76)101)25-40-14-18-45(99)19-15-40/h4-7,9-12,14-21,30-32,36-38,51-59,62-63,81-82,96-97,99-100,115-116H,8,13,22-29,33-35H2,1-3H3,(H2,76,101)(H,79,84)(H,83,104)(H,85,98)(H,86,111)(H,87,109)(H,88,105)(H,89,112)(H,90,107)(H,91,108)(H,92,113)(H,93,114)(H,94,106)(H,95,110)(H,102,103)(H4,77,78,80)/t37-,38-,51+,52+,53+,54+,55+,56+,57+,58+,59+,62+,63+/m1/s1. The van der Waals surface area contributed by atoms with Crippen molar-refractivity contribution in [2.75, 3.05) is 24.6 Å². The number of thiol groups is 2. The first-order chi connectivity index (χ1) is 55.2. The highest BCUT2D eigenvalue weighted by Gasteiger charge is 2.39. The normalized spacial score (nSPS) is 14.5. The van der Waals surface area contributed by atoms with Crippen LogP contribution in [0.4, 0.5) is 0 Å². The highest BCUT2D eigenvalue weighted by Crippen LogP contribution is 2.23. The van der Waals surface area contributed by atoms with E-state index in [1.165, 1.54) is 61.1 Å². The second kappa shape index (κ2) is 44.0. The van der Waals surface area contributed by atoms with E-state index in [4.69, 9.17) is 16.9 Å². The summed E-state index contributed by atoms with van der Waals surface area (Å²) >= 11 is 8.50. The van der Waals surface area contributed by atoms with Crippen molar-refractivity contribution in [3.8, 4) is 11.5 Å². The number of carbonyl (C=O) groups excluding carboxylic acids is 13. The van der Waals surface area contributed by atoms with Gasteiger partial charge in [0.05, 0.1) is 25.1 Å². The summed E-state index contributed by atoms with van der Waals surface area (Å²) in [5.41, 5.74) is 13.8. The lowest BCUT2D eigenvalue weighted by Crippen LogP contribution is -2.63. The summed E-state index contributed by atoms with van der Waals surface area (Å²) < 4.78 is 0. The number of amides is 13. The summed E-state index contributed by atoms with van der Waals surface area (Å²) in [6.45, 7) is 2.84. The molecule has 0 aliphatic rings. The smallest absolute Gasteiger partial charge is 0.303 e.